The Kier molecular flexibility index (Phi) is 15.6. The van der Waals surface area contributed by atoms with E-state index in [2.05, 4.69) is 34.6 Å². The van der Waals surface area contributed by atoms with E-state index in [1.165, 1.54) is 32.1 Å². The van der Waals surface area contributed by atoms with E-state index in [1.54, 1.807) is 0 Å². The van der Waals surface area contributed by atoms with E-state index in [-0.39, 0.29) is 0 Å². The lowest BCUT2D eigenvalue weighted by Crippen LogP contribution is -1.77. The molecule has 0 bridgehead atoms. The van der Waals surface area contributed by atoms with Crippen molar-refractivity contribution < 1.29 is 0 Å². The first-order chi connectivity index (χ1) is 5.18. The second-order valence-electron chi connectivity index (χ2n) is 3.51. The Balaban J connectivity index is 0. The maximum absolute atomic E-state index is 2.23. The van der Waals surface area contributed by atoms with Gasteiger partial charge in [-0.1, -0.05) is 66.7 Å². The molecule has 70 valence electrons. The van der Waals surface area contributed by atoms with Crippen LogP contribution in [-0.4, -0.2) is 0 Å². The van der Waals surface area contributed by atoms with Crippen LogP contribution in [0.5, 0.6) is 0 Å². The highest BCUT2D eigenvalue weighted by atomic mass is 13.9. The summed E-state index contributed by atoms with van der Waals surface area (Å²) in [5.74, 6) is 0.884. The zero-order chi connectivity index (χ0) is 9.11. The third-order valence-corrected chi connectivity index (χ3v) is 1.77. The number of rotatable bonds is 4. The molecule has 0 nitrogen and oxygen atoms in total. The molecule has 0 aromatic heterocycles. The minimum atomic E-state index is 0.884. The van der Waals surface area contributed by atoms with E-state index in [1.807, 2.05) is 0 Å². The maximum atomic E-state index is 2.23. The summed E-state index contributed by atoms with van der Waals surface area (Å²) in [7, 11) is 0. The second kappa shape index (κ2) is 12.7. The first-order valence-electron chi connectivity index (χ1n) is 5.18. The molecule has 0 aliphatic carbocycles. The van der Waals surface area contributed by atoms with Crippen LogP contribution in [0.2, 0.25) is 0 Å². The van der Waals surface area contributed by atoms with Crippen molar-refractivity contribution in [3.05, 3.63) is 0 Å². The average Bonchev–Trinajstić information content (AvgIpc) is 2.02. The van der Waals surface area contributed by atoms with E-state index in [0.717, 1.165) is 5.92 Å². The molecule has 0 N–H and O–H groups in total. The molecule has 0 unspecified atom stereocenters. The molecule has 0 saturated heterocycles. The van der Waals surface area contributed by atoms with Gasteiger partial charge in [-0.05, 0) is 5.92 Å². The molecule has 0 amide bonds. The van der Waals surface area contributed by atoms with Crippen molar-refractivity contribution in [2.24, 2.45) is 5.92 Å². The lowest BCUT2D eigenvalue weighted by molar-refractivity contribution is 0.626. The summed E-state index contributed by atoms with van der Waals surface area (Å²) in [6.45, 7) is 11.1. The summed E-state index contributed by atoms with van der Waals surface area (Å²) in [4.78, 5) is 0. The summed E-state index contributed by atoms with van der Waals surface area (Å²) in [6.07, 6.45) is 6.84. The van der Waals surface area contributed by atoms with Crippen molar-refractivity contribution in [2.45, 2.75) is 66.7 Å². The summed E-state index contributed by atoms with van der Waals surface area (Å²) >= 11 is 0. The topological polar surface area (TPSA) is 0 Å². The molecule has 0 aliphatic rings. The molecule has 0 fully saturated rings. The first kappa shape index (κ1) is 13.6. The zero-order valence-corrected chi connectivity index (χ0v) is 9.11. The Bertz CT molecular complexity index is 42.0. The monoisotopic (exact) mass is 158 g/mol. The standard InChI is InChI=1S/C6H14.C5H12/c1-3-5-6-4-2;1-4-5(2)3/h3-6H2,1-2H3;5H,4H2,1-3H3. The molecule has 0 atom stereocenters. The summed E-state index contributed by atoms with van der Waals surface area (Å²) in [5.41, 5.74) is 0. The molecule has 0 heterocycles. The fourth-order valence-corrected chi connectivity index (χ4v) is 0.500. The molecule has 0 radical (unpaired) electrons. The summed E-state index contributed by atoms with van der Waals surface area (Å²) < 4.78 is 0. The highest BCUT2D eigenvalue weighted by molar-refractivity contribution is 4.32. The summed E-state index contributed by atoms with van der Waals surface area (Å²) in [5, 5.41) is 0. The molecule has 0 spiro atoms. The van der Waals surface area contributed by atoms with Gasteiger partial charge >= 0.3 is 0 Å². The Labute approximate surface area is 73.4 Å². The largest absolute Gasteiger partial charge is 0.0654 e. The third kappa shape index (κ3) is 25.6. The van der Waals surface area contributed by atoms with Crippen molar-refractivity contribution in [3.63, 3.8) is 0 Å². The SMILES string of the molecule is CCC(C)C.CCCCCC. The van der Waals surface area contributed by atoms with Gasteiger partial charge < -0.3 is 0 Å². The van der Waals surface area contributed by atoms with Crippen molar-refractivity contribution in [1.82, 2.24) is 0 Å². The van der Waals surface area contributed by atoms with E-state index >= 15 is 0 Å². The highest BCUT2D eigenvalue weighted by Gasteiger charge is 1.80. The molecule has 0 saturated carbocycles. The van der Waals surface area contributed by atoms with Crippen molar-refractivity contribution >= 4 is 0 Å². The minimum Gasteiger partial charge on any atom is -0.0654 e. The predicted molar refractivity (Wildman–Crippen MR) is 54.9 cm³/mol. The van der Waals surface area contributed by atoms with Crippen LogP contribution in [0.15, 0.2) is 0 Å². The molecule has 0 aromatic carbocycles. The average molecular weight is 158 g/mol. The lowest BCUT2D eigenvalue weighted by Gasteiger charge is -1.90. The Morgan fingerprint density at radius 3 is 1.18 bits per heavy atom. The smallest absolute Gasteiger partial charge is 0.0474 e. The van der Waals surface area contributed by atoms with E-state index in [9.17, 15) is 0 Å². The van der Waals surface area contributed by atoms with Crippen LogP contribution in [0.3, 0.4) is 0 Å². The number of hydrogen-bond acceptors (Lipinski definition) is 0. The van der Waals surface area contributed by atoms with Crippen LogP contribution in [0, 0.1) is 5.92 Å². The van der Waals surface area contributed by atoms with Gasteiger partial charge in [0.15, 0.2) is 0 Å². The van der Waals surface area contributed by atoms with Crippen LogP contribution < -0.4 is 0 Å². The second-order valence-corrected chi connectivity index (χ2v) is 3.51. The van der Waals surface area contributed by atoms with Gasteiger partial charge in [0, 0.05) is 0 Å². The van der Waals surface area contributed by atoms with Gasteiger partial charge in [0.05, 0.1) is 0 Å². The van der Waals surface area contributed by atoms with Gasteiger partial charge in [0.2, 0.25) is 0 Å². The fraction of sp³-hybridized carbons (Fsp3) is 1.00. The predicted octanol–water partition coefficient (Wildman–Crippen LogP) is 4.64. The third-order valence-electron chi connectivity index (χ3n) is 1.77. The Morgan fingerprint density at radius 1 is 0.818 bits per heavy atom. The van der Waals surface area contributed by atoms with E-state index in [0.29, 0.717) is 0 Å². The zero-order valence-electron chi connectivity index (χ0n) is 9.11. The molecule has 11 heavy (non-hydrogen) atoms. The van der Waals surface area contributed by atoms with Crippen LogP contribution in [0.25, 0.3) is 0 Å². The van der Waals surface area contributed by atoms with Crippen molar-refractivity contribution in [2.75, 3.05) is 0 Å². The first-order valence-corrected chi connectivity index (χ1v) is 5.18. The molecule has 0 rings (SSSR count). The van der Waals surface area contributed by atoms with Gasteiger partial charge in [0.1, 0.15) is 0 Å². The molecular weight excluding hydrogens is 132 g/mol. The van der Waals surface area contributed by atoms with Gasteiger partial charge in [-0.25, -0.2) is 0 Å². The molecule has 0 heteroatoms. The quantitative estimate of drug-likeness (QED) is 0.523. The van der Waals surface area contributed by atoms with E-state index < -0.39 is 0 Å². The number of hydrogen-bond donors (Lipinski definition) is 0. The number of unbranched alkanes of at least 4 members (excludes halogenated alkanes) is 3. The summed E-state index contributed by atoms with van der Waals surface area (Å²) in [6, 6.07) is 0. The van der Waals surface area contributed by atoms with Gasteiger partial charge in [-0.15, -0.1) is 0 Å². The molecular formula is C11H26. The maximum Gasteiger partial charge on any atom is -0.0474 e. The normalized spacial score (nSPS) is 9.27. The minimum absolute atomic E-state index is 0.884. The van der Waals surface area contributed by atoms with Gasteiger partial charge in [-0.2, -0.15) is 0 Å². The molecule has 0 aromatic rings. The van der Waals surface area contributed by atoms with Gasteiger partial charge in [0.25, 0.3) is 0 Å². The van der Waals surface area contributed by atoms with Crippen LogP contribution in [0.4, 0.5) is 0 Å². The Hall–Kier alpha value is 0. The van der Waals surface area contributed by atoms with Crippen LogP contribution in [0.1, 0.15) is 66.7 Å². The van der Waals surface area contributed by atoms with Gasteiger partial charge in [-0.3, -0.25) is 0 Å². The van der Waals surface area contributed by atoms with Crippen molar-refractivity contribution in [3.8, 4) is 0 Å². The lowest BCUT2D eigenvalue weighted by atomic mass is 10.2. The fourth-order valence-electron chi connectivity index (χ4n) is 0.500. The van der Waals surface area contributed by atoms with Crippen molar-refractivity contribution in [1.29, 1.82) is 0 Å². The Morgan fingerprint density at radius 2 is 1.09 bits per heavy atom. The van der Waals surface area contributed by atoms with Crippen LogP contribution in [-0.2, 0) is 0 Å². The van der Waals surface area contributed by atoms with E-state index in [4.69, 9.17) is 0 Å². The molecule has 0 aliphatic heterocycles. The van der Waals surface area contributed by atoms with Crippen LogP contribution >= 0.6 is 0 Å². The highest BCUT2D eigenvalue weighted by Crippen LogP contribution is 1.95.